The molecular weight excluding hydrogens is 310 g/mol. The summed E-state index contributed by atoms with van der Waals surface area (Å²) in [5.74, 6) is -0.152. The third-order valence-corrected chi connectivity index (χ3v) is 4.70. The van der Waals surface area contributed by atoms with E-state index in [1.54, 1.807) is 0 Å². The van der Waals surface area contributed by atoms with Crippen LogP contribution in [-0.2, 0) is 17.6 Å². The molecule has 1 amide bonds. The number of hydrogen-bond acceptors (Lipinski definition) is 3. The van der Waals surface area contributed by atoms with Gasteiger partial charge in [0.2, 0.25) is 0 Å². The van der Waals surface area contributed by atoms with Crippen LogP contribution in [0.15, 0.2) is 47.6 Å². The molecule has 0 aromatic heterocycles. The summed E-state index contributed by atoms with van der Waals surface area (Å²) in [5, 5.41) is 7.39. The van der Waals surface area contributed by atoms with E-state index in [1.165, 1.54) is 30.4 Å². The first-order chi connectivity index (χ1) is 12.1. The van der Waals surface area contributed by atoms with Gasteiger partial charge in [0.25, 0.3) is 5.91 Å². The number of carbonyl (C=O) groups is 1. The van der Waals surface area contributed by atoms with Crippen molar-refractivity contribution in [3.63, 3.8) is 0 Å². The zero-order valence-electron chi connectivity index (χ0n) is 14.9. The van der Waals surface area contributed by atoms with Gasteiger partial charge in [-0.2, -0.15) is 5.10 Å². The maximum atomic E-state index is 12.0. The van der Waals surface area contributed by atoms with Crippen molar-refractivity contribution in [1.29, 1.82) is 0 Å². The molecular formula is C21H25N3O. The highest BCUT2D eigenvalue weighted by Crippen LogP contribution is 2.22. The van der Waals surface area contributed by atoms with Crippen molar-refractivity contribution < 1.29 is 4.79 Å². The van der Waals surface area contributed by atoms with Crippen LogP contribution in [0.2, 0.25) is 0 Å². The molecule has 0 aliphatic heterocycles. The Bertz CT molecular complexity index is 795. The van der Waals surface area contributed by atoms with Gasteiger partial charge in [-0.25, -0.2) is 5.43 Å². The van der Waals surface area contributed by atoms with E-state index in [2.05, 4.69) is 34.0 Å². The Balaban J connectivity index is 1.57. The van der Waals surface area contributed by atoms with Gasteiger partial charge in [0.15, 0.2) is 0 Å². The number of carbonyl (C=O) groups excluding carboxylic acids is 1. The first-order valence-corrected chi connectivity index (χ1v) is 8.88. The second kappa shape index (κ2) is 7.97. The number of anilines is 1. The third kappa shape index (κ3) is 4.47. The van der Waals surface area contributed by atoms with E-state index in [-0.39, 0.29) is 12.5 Å². The van der Waals surface area contributed by atoms with Crippen molar-refractivity contribution in [2.75, 3.05) is 11.9 Å². The maximum absolute atomic E-state index is 12.0. The fraction of sp³-hybridized carbons (Fsp3) is 0.333. The van der Waals surface area contributed by atoms with Gasteiger partial charge < -0.3 is 5.32 Å². The molecule has 25 heavy (non-hydrogen) atoms. The molecule has 4 nitrogen and oxygen atoms in total. The molecule has 0 fully saturated rings. The largest absolute Gasteiger partial charge is 0.376 e. The van der Waals surface area contributed by atoms with E-state index in [0.717, 1.165) is 28.9 Å². The SMILES string of the molecule is CC(=NNC(=O)CNc1ccccc1C)c1ccc2c(c1)CCCC2. The first kappa shape index (κ1) is 17.2. The molecule has 1 aliphatic carbocycles. The van der Waals surface area contributed by atoms with Gasteiger partial charge in [-0.3, -0.25) is 4.79 Å². The van der Waals surface area contributed by atoms with Crippen molar-refractivity contribution in [2.24, 2.45) is 5.10 Å². The Morgan fingerprint density at radius 2 is 1.84 bits per heavy atom. The number of benzene rings is 2. The highest BCUT2D eigenvalue weighted by atomic mass is 16.2. The van der Waals surface area contributed by atoms with E-state index in [4.69, 9.17) is 0 Å². The smallest absolute Gasteiger partial charge is 0.259 e. The van der Waals surface area contributed by atoms with Gasteiger partial charge in [0.1, 0.15) is 0 Å². The van der Waals surface area contributed by atoms with Gasteiger partial charge in [-0.05, 0) is 73.9 Å². The summed E-state index contributed by atoms with van der Waals surface area (Å²) < 4.78 is 0. The summed E-state index contributed by atoms with van der Waals surface area (Å²) in [6.45, 7) is 4.14. The fourth-order valence-corrected chi connectivity index (χ4v) is 3.16. The fourth-order valence-electron chi connectivity index (χ4n) is 3.16. The normalized spacial score (nSPS) is 13.9. The van der Waals surface area contributed by atoms with Crippen molar-refractivity contribution in [2.45, 2.75) is 39.5 Å². The molecule has 0 saturated carbocycles. The average molecular weight is 335 g/mol. The zero-order chi connectivity index (χ0) is 17.6. The Morgan fingerprint density at radius 1 is 1.08 bits per heavy atom. The van der Waals surface area contributed by atoms with E-state index in [9.17, 15) is 4.79 Å². The predicted octanol–water partition coefficient (Wildman–Crippen LogP) is 3.83. The van der Waals surface area contributed by atoms with Gasteiger partial charge in [0.05, 0.1) is 12.3 Å². The van der Waals surface area contributed by atoms with Crippen LogP contribution >= 0.6 is 0 Å². The minimum Gasteiger partial charge on any atom is -0.376 e. The quantitative estimate of drug-likeness (QED) is 0.644. The third-order valence-electron chi connectivity index (χ3n) is 4.70. The van der Waals surface area contributed by atoms with Crippen LogP contribution in [-0.4, -0.2) is 18.2 Å². The average Bonchev–Trinajstić information content (AvgIpc) is 2.65. The second-order valence-corrected chi connectivity index (χ2v) is 6.59. The molecule has 0 bridgehead atoms. The van der Waals surface area contributed by atoms with Crippen LogP contribution in [0.5, 0.6) is 0 Å². The lowest BCUT2D eigenvalue weighted by molar-refractivity contribution is -0.119. The molecule has 3 rings (SSSR count). The van der Waals surface area contributed by atoms with Crippen molar-refractivity contribution in [3.8, 4) is 0 Å². The lowest BCUT2D eigenvalue weighted by Crippen LogP contribution is -2.27. The summed E-state index contributed by atoms with van der Waals surface area (Å²) in [6.07, 6.45) is 4.85. The summed E-state index contributed by atoms with van der Waals surface area (Å²) in [6, 6.07) is 14.4. The number of aryl methyl sites for hydroxylation is 3. The van der Waals surface area contributed by atoms with E-state index < -0.39 is 0 Å². The maximum Gasteiger partial charge on any atom is 0.259 e. The number of hydrazone groups is 1. The minimum atomic E-state index is -0.152. The number of rotatable bonds is 5. The van der Waals surface area contributed by atoms with Crippen molar-refractivity contribution >= 4 is 17.3 Å². The zero-order valence-corrected chi connectivity index (χ0v) is 14.9. The van der Waals surface area contributed by atoms with E-state index in [1.807, 2.05) is 38.1 Å². The lowest BCUT2D eigenvalue weighted by atomic mass is 9.90. The Labute approximate surface area is 149 Å². The molecule has 130 valence electrons. The highest BCUT2D eigenvalue weighted by Gasteiger charge is 2.10. The summed E-state index contributed by atoms with van der Waals surface area (Å²) >= 11 is 0. The molecule has 2 aromatic rings. The summed E-state index contributed by atoms with van der Waals surface area (Å²) in [4.78, 5) is 12.0. The second-order valence-electron chi connectivity index (χ2n) is 6.59. The predicted molar refractivity (Wildman–Crippen MR) is 103 cm³/mol. The number of para-hydroxylation sites is 1. The minimum absolute atomic E-state index is 0.152. The monoisotopic (exact) mass is 335 g/mol. The Hall–Kier alpha value is -2.62. The molecule has 4 heteroatoms. The first-order valence-electron chi connectivity index (χ1n) is 8.88. The van der Waals surface area contributed by atoms with Gasteiger partial charge in [-0.15, -0.1) is 0 Å². The van der Waals surface area contributed by atoms with Gasteiger partial charge in [-0.1, -0.05) is 30.3 Å². The standard InChI is InChI=1S/C21H25N3O/c1-15-7-3-6-10-20(15)22-14-21(25)24-23-16(2)18-12-11-17-8-4-5-9-19(17)13-18/h3,6-7,10-13,22H,4-5,8-9,14H2,1-2H3,(H,24,25). The molecule has 0 spiro atoms. The molecule has 2 aromatic carbocycles. The summed E-state index contributed by atoms with van der Waals surface area (Å²) in [5.41, 5.74) is 9.50. The topological polar surface area (TPSA) is 53.5 Å². The van der Waals surface area contributed by atoms with Crippen LogP contribution in [0.3, 0.4) is 0 Å². The van der Waals surface area contributed by atoms with Gasteiger partial charge in [0, 0.05) is 5.69 Å². The number of hydrogen-bond donors (Lipinski definition) is 2. The van der Waals surface area contributed by atoms with E-state index >= 15 is 0 Å². The molecule has 0 radical (unpaired) electrons. The van der Waals surface area contributed by atoms with Crippen molar-refractivity contribution in [3.05, 3.63) is 64.7 Å². The van der Waals surface area contributed by atoms with Crippen LogP contribution < -0.4 is 10.7 Å². The molecule has 1 aliphatic rings. The number of nitrogens with one attached hydrogen (secondary N) is 2. The highest BCUT2D eigenvalue weighted by molar-refractivity contribution is 5.99. The molecule has 0 saturated heterocycles. The van der Waals surface area contributed by atoms with Crippen LogP contribution in [0.1, 0.15) is 42.0 Å². The number of fused-ring (bicyclic) bond motifs is 1. The van der Waals surface area contributed by atoms with Crippen LogP contribution in [0.25, 0.3) is 0 Å². The Kier molecular flexibility index (Phi) is 5.49. The summed E-state index contributed by atoms with van der Waals surface area (Å²) in [7, 11) is 0. The number of nitrogens with zero attached hydrogens (tertiary/aromatic N) is 1. The molecule has 0 unspecified atom stereocenters. The molecule has 0 atom stereocenters. The lowest BCUT2D eigenvalue weighted by Gasteiger charge is -2.16. The van der Waals surface area contributed by atoms with Crippen LogP contribution in [0, 0.1) is 6.92 Å². The Morgan fingerprint density at radius 3 is 2.64 bits per heavy atom. The number of amides is 1. The van der Waals surface area contributed by atoms with Gasteiger partial charge >= 0.3 is 0 Å². The van der Waals surface area contributed by atoms with Crippen LogP contribution in [0.4, 0.5) is 5.69 Å². The molecule has 2 N–H and O–H groups in total. The molecule has 0 heterocycles. The van der Waals surface area contributed by atoms with Crippen molar-refractivity contribution in [1.82, 2.24) is 5.43 Å². The van der Waals surface area contributed by atoms with E-state index in [0.29, 0.717) is 0 Å².